The van der Waals surface area contributed by atoms with Crippen LogP contribution in [0.15, 0.2) is 24.3 Å². The molecule has 0 radical (unpaired) electrons. The van der Waals surface area contributed by atoms with Crippen LogP contribution in [0.1, 0.15) is 44.6 Å². The third kappa shape index (κ3) is 2.85. The summed E-state index contributed by atoms with van der Waals surface area (Å²) >= 11 is 0. The summed E-state index contributed by atoms with van der Waals surface area (Å²) in [5.74, 6) is -0.327. The van der Waals surface area contributed by atoms with Crippen LogP contribution in [0.3, 0.4) is 0 Å². The van der Waals surface area contributed by atoms with Crippen LogP contribution >= 0.6 is 0 Å². The quantitative estimate of drug-likeness (QED) is 0.870. The Bertz CT molecular complexity index is 448. The summed E-state index contributed by atoms with van der Waals surface area (Å²) in [5.41, 5.74) is 0.317. The van der Waals surface area contributed by atoms with Gasteiger partial charge in [-0.1, -0.05) is 31.9 Å². The van der Waals surface area contributed by atoms with Gasteiger partial charge in [0.15, 0.2) is 0 Å². The van der Waals surface area contributed by atoms with Crippen LogP contribution in [-0.2, 0) is 10.2 Å². The van der Waals surface area contributed by atoms with E-state index < -0.39 is 5.41 Å². The Labute approximate surface area is 119 Å². The molecule has 1 amide bonds. The highest BCUT2D eigenvalue weighted by Crippen LogP contribution is 2.41. The second kappa shape index (κ2) is 6.35. The van der Waals surface area contributed by atoms with Gasteiger partial charge in [0.25, 0.3) is 0 Å². The lowest BCUT2D eigenvalue weighted by molar-refractivity contribution is -0.127. The number of benzene rings is 1. The number of carbonyl (C=O) groups is 1. The third-order valence-electron chi connectivity index (χ3n) is 4.34. The molecule has 110 valence electrons. The molecule has 1 aliphatic carbocycles. The van der Waals surface area contributed by atoms with Crippen molar-refractivity contribution in [2.24, 2.45) is 0 Å². The lowest BCUT2D eigenvalue weighted by Gasteiger charge is -2.30. The lowest BCUT2D eigenvalue weighted by atomic mass is 9.77. The van der Waals surface area contributed by atoms with E-state index in [0.29, 0.717) is 6.42 Å². The molecule has 20 heavy (non-hydrogen) atoms. The monoisotopic (exact) mass is 279 g/mol. The molecule has 0 saturated heterocycles. The van der Waals surface area contributed by atoms with Crippen molar-refractivity contribution in [1.82, 2.24) is 5.32 Å². The predicted molar refractivity (Wildman–Crippen MR) is 75.9 cm³/mol. The van der Waals surface area contributed by atoms with E-state index in [2.05, 4.69) is 5.32 Å². The summed E-state index contributed by atoms with van der Waals surface area (Å²) in [5, 5.41) is 12.2. The van der Waals surface area contributed by atoms with Crippen molar-refractivity contribution in [3.8, 4) is 0 Å². The molecule has 4 heteroatoms. The zero-order valence-corrected chi connectivity index (χ0v) is 11.9. The van der Waals surface area contributed by atoms with E-state index >= 15 is 0 Å². The van der Waals surface area contributed by atoms with Crippen molar-refractivity contribution < 1.29 is 14.3 Å². The standard InChI is InChI=1S/C16H22FNO2/c1-2-14(11-19)18-15(20)16(9-3-4-10-16)12-5-7-13(17)8-6-12/h5-8,14,19H,2-4,9-11H2,1H3,(H,18,20). The van der Waals surface area contributed by atoms with E-state index in [1.807, 2.05) is 6.92 Å². The van der Waals surface area contributed by atoms with E-state index in [0.717, 1.165) is 31.2 Å². The van der Waals surface area contributed by atoms with Crippen molar-refractivity contribution >= 4 is 5.91 Å². The minimum atomic E-state index is -0.559. The van der Waals surface area contributed by atoms with E-state index in [4.69, 9.17) is 0 Å². The second-order valence-electron chi connectivity index (χ2n) is 5.56. The van der Waals surface area contributed by atoms with Crippen LogP contribution in [0.5, 0.6) is 0 Å². The highest BCUT2D eigenvalue weighted by molar-refractivity contribution is 5.88. The molecule has 1 saturated carbocycles. The molecule has 1 fully saturated rings. The van der Waals surface area contributed by atoms with Crippen LogP contribution in [0.25, 0.3) is 0 Å². The van der Waals surface area contributed by atoms with Gasteiger partial charge in [0.1, 0.15) is 5.82 Å². The van der Waals surface area contributed by atoms with Crippen LogP contribution < -0.4 is 5.32 Å². The average Bonchev–Trinajstić information content (AvgIpc) is 2.96. The first-order valence-electron chi connectivity index (χ1n) is 7.30. The van der Waals surface area contributed by atoms with Crippen molar-refractivity contribution in [1.29, 1.82) is 0 Å². The molecule has 2 rings (SSSR count). The summed E-state index contributed by atoms with van der Waals surface area (Å²) in [6, 6.07) is 6.03. The molecule has 1 unspecified atom stereocenters. The first kappa shape index (κ1) is 15.0. The maximum absolute atomic E-state index is 13.1. The SMILES string of the molecule is CCC(CO)NC(=O)C1(c2ccc(F)cc2)CCCC1. The predicted octanol–water partition coefficient (Wildman–Crippen LogP) is 2.52. The van der Waals surface area contributed by atoms with E-state index in [1.54, 1.807) is 12.1 Å². The molecule has 0 aliphatic heterocycles. The summed E-state index contributed by atoms with van der Waals surface area (Å²) in [6.45, 7) is 1.88. The molecule has 1 atom stereocenters. The number of aliphatic hydroxyl groups excluding tert-OH is 1. The lowest BCUT2D eigenvalue weighted by Crippen LogP contribution is -2.48. The number of hydrogen-bond acceptors (Lipinski definition) is 2. The Kier molecular flexibility index (Phi) is 4.76. The number of aliphatic hydroxyl groups is 1. The molecule has 0 bridgehead atoms. The van der Waals surface area contributed by atoms with Crippen molar-refractivity contribution in [2.45, 2.75) is 50.5 Å². The van der Waals surface area contributed by atoms with Crippen molar-refractivity contribution in [3.63, 3.8) is 0 Å². The Morgan fingerprint density at radius 3 is 2.45 bits per heavy atom. The van der Waals surface area contributed by atoms with Gasteiger partial charge in [-0.25, -0.2) is 4.39 Å². The van der Waals surface area contributed by atoms with Gasteiger partial charge < -0.3 is 10.4 Å². The molecule has 1 aliphatic rings. The number of halogens is 1. The van der Waals surface area contributed by atoms with Gasteiger partial charge in [0.05, 0.1) is 18.1 Å². The van der Waals surface area contributed by atoms with E-state index in [-0.39, 0.29) is 24.4 Å². The molecular formula is C16H22FNO2. The van der Waals surface area contributed by atoms with E-state index in [9.17, 15) is 14.3 Å². The molecule has 2 N–H and O–H groups in total. The molecule has 0 aromatic heterocycles. The van der Waals surface area contributed by atoms with Gasteiger partial charge in [-0.2, -0.15) is 0 Å². The van der Waals surface area contributed by atoms with E-state index in [1.165, 1.54) is 12.1 Å². The largest absolute Gasteiger partial charge is 0.394 e. The van der Waals surface area contributed by atoms with Gasteiger partial charge in [0.2, 0.25) is 5.91 Å². The van der Waals surface area contributed by atoms with Gasteiger partial charge in [-0.3, -0.25) is 4.79 Å². The number of hydrogen-bond donors (Lipinski definition) is 2. The average molecular weight is 279 g/mol. The number of amides is 1. The molecule has 1 aromatic carbocycles. The van der Waals surface area contributed by atoms with Crippen LogP contribution in [-0.4, -0.2) is 23.7 Å². The Morgan fingerprint density at radius 2 is 1.95 bits per heavy atom. The summed E-state index contributed by atoms with van der Waals surface area (Å²) in [7, 11) is 0. The van der Waals surface area contributed by atoms with Crippen molar-refractivity contribution in [2.75, 3.05) is 6.61 Å². The van der Waals surface area contributed by atoms with Crippen LogP contribution in [0.4, 0.5) is 4.39 Å². The smallest absolute Gasteiger partial charge is 0.230 e. The fourth-order valence-corrected chi connectivity index (χ4v) is 2.99. The topological polar surface area (TPSA) is 49.3 Å². The third-order valence-corrected chi connectivity index (χ3v) is 4.34. The maximum Gasteiger partial charge on any atom is 0.230 e. The van der Waals surface area contributed by atoms with Crippen LogP contribution in [0, 0.1) is 5.82 Å². The first-order chi connectivity index (χ1) is 9.62. The fourth-order valence-electron chi connectivity index (χ4n) is 2.99. The Balaban J connectivity index is 2.25. The molecule has 1 aromatic rings. The van der Waals surface area contributed by atoms with Gasteiger partial charge >= 0.3 is 0 Å². The summed E-state index contributed by atoms with van der Waals surface area (Å²) in [4.78, 5) is 12.7. The number of nitrogens with one attached hydrogen (secondary N) is 1. The highest BCUT2D eigenvalue weighted by Gasteiger charge is 2.43. The summed E-state index contributed by atoms with van der Waals surface area (Å²) in [6.07, 6.45) is 4.27. The minimum Gasteiger partial charge on any atom is -0.394 e. The zero-order valence-electron chi connectivity index (χ0n) is 11.9. The van der Waals surface area contributed by atoms with Gasteiger partial charge in [-0.05, 0) is 37.0 Å². The molecule has 0 heterocycles. The van der Waals surface area contributed by atoms with Crippen molar-refractivity contribution in [3.05, 3.63) is 35.6 Å². The maximum atomic E-state index is 13.1. The second-order valence-corrected chi connectivity index (χ2v) is 5.56. The fraction of sp³-hybridized carbons (Fsp3) is 0.562. The van der Waals surface area contributed by atoms with Gasteiger partial charge in [0, 0.05) is 0 Å². The van der Waals surface area contributed by atoms with Crippen LogP contribution in [0.2, 0.25) is 0 Å². The van der Waals surface area contributed by atoms with Gasteiger partial charge in [-0.15, -0.1) is 0 Å². The Hall–Kier alpha value is -1.42. The molecule has 0 spiro atoms. The highest BCUT2D eigenvalue weighted by atomic mass is 19.1. The molecule has 3 nitrogen and oxygen atoms in total. The first-order valence-corrected chi connectivity index (χ1v) is 7.30. The Morgan fingerprint density at radius 1 is 1.35 bits per heavy atom. The summed E-state index contributed by atoms with van der Waals surface area (Å²) < 4.78 is 13.1. The molecular weight excluding hydrogens is 257 g/mol. The zero-order chi connectivity index (χ0) is 14.6. The normalized spacial score (nSPS) is 18.8. The number of carbonyl (C=O) groups excluding carboxylic acids is 1. The minimum absolute atomic E-state index is 0.0393. The number of rotatable bonds is 5.